The molecule has 1 N–H and O–H groups in total. The molecule has 8 rings (SSSR count). The number of rotatable bonds is 2. The molecule has 0 amide bonds. The maximum absolute atomic E-state index is 3.83. The Labute approximate surface area is 208 Å². The number of hydrogen-bond acceptors (Lipinski definition) is 1. The second kappa shape index (κ2) is 7.10. The van der Waals surface area contributed by atoms with Gasteiger partial charge in [-0.3, -0.25) is 0 Å². The van der Waals surface area contributed by atoms with Crippen LogP contribution in [0.3, 0.4) is 0 Å². The van der Waals surface area contributed by atoms with Gasteiger partial charge in [0.15, 0.2) is 0 Å². The Balaban J connectivity index is 1.20. The summed E-state index contributed by atoms with van der Waals surface area (Å²) >= 11 is 0. The molecule has 0 aliphatic heterocycles. The Morgan fingerprint density at radius 3 is 1.29 bits per heavy atom. The molecule has 0 atom stereocenters. The van der Waals surface area contributed by atoms with Gasteiger partial charge in [-0.15, -0.1) is 0 Å². The molecular formula is C34H31N. The summed E-state index contributed by atoms with van der Waals surface area (Å²) in [7, 11) is 0. The lowest BCUT2D eigenvalue weighted by atomic mass is 9.76. The van der Waals surface area contributed by atoms with Crippen molar-refractivity contribution in [2.24, 2.45) is 0 Å². The van der Waals surface area contributed by atoms with E-state index < -0.39 is 0 Å². The van der Waals surface area contributed by atoms with Crippen LogP contribution in [0.25, 0.3) is 22.3 Å². The van der Waals surface area contributed by atoms with Crippen LogP contribution in [0.2, 0.25) is 0 Å². The topological polar surface area (TPSA) is 12.0 Å². The standard InChI is InChI=1S/C34H31N/c1-3-11-29-25(9-1)27-15-13-23(21-31(27)33(29)17-5-6-18-33)35-24-14-16-28-26-10-2-4-12-30(26)34(32(28)22-24)19-7-8-20-34/h1-4,9-16,21-22,35H,5-8,17-20H2. The van der Waals surface area contributed by atoms with E-state index in [1.807, 2.05) is 0 Å². The number of fused-ring (bicyclic) bond motifs is 10. The summed E-state index contributed by atoms with van der Waals surface area (Å²) in [6.07, 6.45) is 10.4. The first-order valence-corrected chi connectivity index (χ1v) is 13.5. The second-order valence-electron chi connectivity index (χ2n) is 11.3. The van der Waals surface area contributed by atoms with Crippen molar-refractivity contribution < 1.29 is 0 Å². The summed E-state index contributed by atoms with van der Waals surface area (Å²) in [6.45, 7) is 0. The average Bonchev–Trinajstić information content (AvgIpc) is 3.69. The number of benzene rings is 4. The van der Waals surface area contributed by atoms with Crippen LogP contribution >= 0.6 is 0 Å². The van der Waals surface area contributed by atoms with Gasteiger partial charge in [-0.1, -0.05) is 86.3 Å². The van der Waals surface area contributed by atoms with Crippen molar-refractivity contribution in [3.8, 4) is 22.3 Å². The SMILES string of the molecule is c1ccc2c(c1)-c1ccc(Nc3ccc4c(c3)C3(CCCC3)c3ccccc3-4)cc1C21CCCC1. The largest absolute Gasteiger partial charge is 0.356 e. The van der Waals surface area contributed by atoms with Crippen LogP contribution in [0.4, 0.5) is 11.4 Å². The first-order chi connectivity index (χ1) is 17.3. The van der Waals surface area contributed by atoms with E-state index in [0.29, 0.717) is 0 Å². The minimum atomic E-state index is 0.219. The minimum Gasteiger partial charge on any atom is -0.356 e. The average molecular weight is 454 g/mol. The van der Waals surface area contributed by atoms with Gasteiger partial charge in [0.25, 0.3) is 0 Å². The van der Waals surface area contributed by atoms with E-state index in [4.69, 9.17) is 0 Å². The summed E-state index contributed by atoms with van der Waals surface area (Å²) in [4.78, 5) is 0. The van der Waals surface area contributed by atoms with E-state index in [2.05, 4.69) is 90.2 Å². The molecule has 2 fully saturated rings. The molecule has 4 aromatic rings. The van der Waals surface area contributed by atoms with Crippen molar-refractivity contribution in [3.63, 3.8) is 0 Å². The van der Waals surface area contributed by atoms with E-state index >= 15 is 0 Å². The summed E-state index contributed by atoms with van der Waals surface area (Å²) in [6, 6.07) is 32.5. The minimum absolute atomic E-state index is 0.219. The van der Waals surface area contributed by atoms with Crippen LogP contribution in [0.1, 0.15) is 73.6 Å². The second-order valence-corrected chi connectivity index (χ2v) is 11.3. The summed E-state index contributed by atoms with van der Waals surface area (Å²) in [5.41, 5.74) is 14.9. The van der Waals surface area contributed by atoms with Crippen molar-refractivity contribution in [1.29, 1.82) is 0 Å². The summed E-state index contributed by atoms with van der Waals surface area (Å²) in [5, 5.41) is 3.83. The fourth-order valence-corrected chi connectivity index (χ4v) is 8.27. The smallest absolute Gasteiger partial charge is 0.0387 e. The zero-order valence-electron chi connectivity index (χ0n) is 20.2. The third-order valence-corrected chi connectivity index (χ3v) is 9.74. The summed E-state index contributed by atoms with van der Waals surface area (Å²) in [5.74, 6) is 0. The number of anilines is 2. The summed E-state index contributed by atoms with van der Waals surface area (Å²) < 4.78 is 0. The predicted molar refractivity (Wildman–Crippen MR) is 146 cm³/mol. The molecule has 0 aromatic heterocycles. The van der Waals surface area contributed by atoms with Crippen LogP contribution in [0.5, 0.6) is 0 Å². The molecule has 0 bridgehead atoms. The molecule has 4 aliphatic rings. The molecule has 0 radical (unpaired) electrons. The molecule has 0 saturated heterocycles. The lowest BCUT2D eigenvalue weighted by Crippen LogP contribution is -2.20. The van der Waals surface area contributed by atoms with Crippen LogP contribution in [0.15, 0.2) is 84.9 Å². The Morgan fingerprint density at radius 2 is 0.829 bits per heavy atom. The molecule has 4 aromatic carbocycles. The maximum atomic E-state index is 3.83. The van der Waals surface area contributed by atoms with E-state index in [1.54, 1.807) is 22.3 Å². The van der Waals surface area contributed by atoms with Crippen molar-refractivity contribution in [3.05, 3.63) is 107 Å². The van der Waals surface area contributed by atoms with Gasteiger partial charge in [0, 0.05) is 22.2 Å². The lowest BCUT2D eigenvalue weighted by molar-refractivity contribution is 0.550. The first kappa shape index (κ1) is 19.9. The Bertz CT molecular complexity index is 1370. The quantitative estimate of drug-likeness (QED) is 0.319. The first-order valence-electron chi connectivity index (χ1n) is 13.5. The molecule has 172 valence electrons. The third kappa shape index (κ3) is 2.59. The zero-order valence-corrected chi connectivity index (χ0v) is 20.2. The van der Waals surface area contributed by atoms with E-state index in [1.165, 1.54) is 85.0 Å². The predicted octanol–water partition coefficient (Wildman–Crippen LogP) is 9.11. The van der Waals surface area contributed by atoms with Gasteiger partial charge in [0.05, 0.1) is 0 Å². The van der Waals surface area contributed by atoms with Gasteiger partial charge < -0.3 is 5.32 Å². The van der Waals surface area contributed by atoms with Crippen molar-refractivity contribution in [1.82, 2.24) is 0 Å². The van der Waals surface area contributed by atoms with E-state index in [0.717, 1.165) is 0 Å². The Hall–Kier alpha value is -3.32. The highest BCUT2D eigenvalue weighted by Crippen LogP contribution is 2.58. The highest BCUT2D eigenvalue weighted by atomic mass is 14.9. The van der Waals surface area contributed by atoms with Gasteiger partial charge in [-0.05, 0) is 94.5 Å². The molecule has 35 heavy (non-hydrogen) atoms. The Kier molecular flexibility index (Phi) is 4.05. The fourth-order valence-electron chi connectivity index (χ4n) is 8.27. The van der Waals surface area contributed by atoms with Crippen molar-refractivity contribution >= 4 is 11.4 Å². The highest BCUT2D eigenvalue weighted by molar-refractivity contribution is 5.85. The molecule has 1 nitrogen and oxygen atoms in total. The van der Waals surface area contributed by atoms with Crippen LogP contribution in [0, 0.1) is 0 Å². The number of hydrogen-bond donors (Lipinski definition) is 1. The molecule has 0 heterocycles. The molecule has 4 aliphatic carbocycles. The molecule has 2 spiro atoms. The maximum Gasteiger partial charge on any atom is 0.0387 e. The molecular weight excluding hydrogens is 422 g/mol. The fraction of sp³-hybridized carbons (Fsp3) is 0.294. The van der Waals surface area contributed by atoms with E-state index in [-0.39, 0.29) is 10.8 Å². The van der Waals surface area contributed by atoms with Crippen LogP contribution in [-0.4, -0.2) is 0 Å². The normalized spacial score (nSPS) is 19.5. The van der Waals surface area contributed by atoms with Crippen molar-refractivity contribution in [2.45, 2.75) is 62.2 Å². The van der Waals surface area contributed by atoms with Crippen molar-refractivity contribution in [2.75, 3.05) is 5.32 Å². The van der Waals surface area contributed by atoms with Gasteiger partial charge in [0.2, 0.25) is 0 Å². The molecule has 2 saturated carbocycles. The van der Waals surface area contributed by atoms with Crippen LogP contribution in [-0.2, 0) is 10.8 Å². The highest BCUT2D eigenvalue weighted by Gasteiger charge is 2.46. The van der Waals surface area contributed by atoms with Gasteiger partial charge in [0.1, 0.15) is 0 Å². The van der Waals surface area contributed by atoms with Gasteiger partial charge in [-0.25, -0.2) is 0 Å². The number of nitrogens with one attached hydrogen (secondary N) is 1. The lowest BCUT2D eigenvalue weighted by Gasteiger charge is -2.27. The monoisotopic (exact) mass is 453 g/mol. The van der Waals surface area contributed by atoms with Crippen LogP contribution < -0.4 is 5.32 Å². The van der Waals surface area contributed by atoms with Gasteiger partial charge in [-0.2, -0.15) is 0 Å². The molecule has 0 unspecified atom stereocenters. The molecule has 1 heteroatoms. The third-order valence-electron chi connectivity index (χ3n) is 9.74. The Morgan fingerprint density at radius 1 is 0.429 bits per heavy atom. The zero-order chi connectivity index (χ0) is 23.0. The van der Waals surface area contributed by atoms with E-state index in [9.17, 15) is 0 Å². The van der Waals surface area contributed by atoms with Gasteiger partial charge >= 0.3 is 0 Å².